The first-order valence-corrected chi connectivity index (χ1v) is 10.8. The summed E-state index contributed by atoms with van der Waals surface area (Å²) in [6, 6.07) is 13.2. The molecule has 1 fully saturated rings. The Morgan fingerprint density at radius 1 is 1.10 bits per heavy atom. The minimum atomic E-state index is -0.165. The second-order valence-electron chi connectivity index (χ2n) is 8.24. The van der Waals surface area contributed by atoms with Crippen LogP contribution >= 0.6 is 0 Å². The Morgan fingerprint density at radius 2 is 1.87 bits per heavy atom. The SMILES string of the molecule is CCN1c2cc(C(=O)Nc3ccc(N(C)C)cc3)ccc2C(=O)N2CCCCC[C@H]21. The minimum absolute atomic E-state index is 0.0906. The fourth-order valence-electron chi connectivity index (χ4n) is 4.49. The average molecular weight is 407 g/mol. The third-order valence-corrected chi connectivity index (χ3v) is 6.12. The Morgan fingerprint density at radius 3 is 2.57 bits per heavy atom. The topological polar surface area (TPSA) is 55.9 Å². The third kappa shape index (κ3) is 3.74. The first-order valence-electron chi connectivity index (χ1n) is 10.8. The molecule has 1 saturated heterocycles. The maximum Gasteiger partial charge on any atom is 0.257 e. The van der Waals surface area contributed by atoms with Crippen LogP contribution in [-0.2, 0) is 0 Å². The number of carbonyl (C=O) groups is 2. The molecule has 0 radical (unpaired) electrons. The highest BCUT2D eigenvalue weighted by atomic mass is 16.2. The molecule has 4 rings (SSSR count). The zero-order valence-electron chi connectivity index (χ0n) is 18.0. The zero-order chi connectivity index (χ0) is 21.3. The number of anilines is 3. The van der Waals surface area contributed by atoms with E-state index in [4.69, 9.17) is 0 Å². The molecule has 2 amide bonds. The molecule has 6 nitrogen and oxygen atoms in total. The first kappa shape index (κ1) is 20.3. The molecule has 0 spiro atoms. The van der Waals surface area contributed by atoms with Gasteiger partial charge < -0.3 is 20.0 Å². The first-order chi connectivity index (χ1) is 14.5. The van der Waals surface area contributed by atoms with Gasteiger partial charge in [-0.05, 0) is 68.7 Å². The fraction of sp³-hybridized carbons (Fsp3) is 0.417. The predicted molar refractivity (Wildman–Crippen MR) is 121 cm³/mol. The monoisotopic (exact) mass is 406 g/mol. The summed E-state index contributed by atoms with van der Waals surface area (Å²) in [5.74, 6) is -0.0740. The molecule has 1 N–H and O–H groups in total. The van der Waals surface area contributed by atoms with Gasteiger partial charge in [0.2, 0.25) is 0 Å². The number of fused-ring (bicyclic) bond motifs is 2. The Balaban J connectivity index is 1.60. The average Bonchev–Trinajstić information content (AvgIpc) is 3.00. The van der Waals surface area contributed by atoms with Crippen LogP contribution in [0.3, 0.4) is 0 Å². The van der Waals surface area contributed by atoms with Gasteiger partial charge in [-0.25, -0.2) is 0 Å². The lowest BCUT2D eigenvalue weighted by Gasteiger charge is -2.44. The number of rotatable bonds is 4. The van der Waals surface area contributed by atoms with Crippen molar-refractivity contribution in [2.75, 3.05) is 42.3 Å². The summed E-state index contributed by atoms with van der Waals surface area (Å²) in [7, 11) is 3.97. The van der Waals surface area contributed by atoms with Gasteiger partial charge in [0.1, 0.15) is 6.17 Å². The summed E-state index contributed by atoms with van der Waals surface area (Å²) >= 11 is 0. The van der Waals surface area contributed by atoms with E-state index < -0.39 is 0 Å². The van der Waals surface area contributed by atoms with Crippen LogP contribution in [0.5, 0.6) is 0 Å². The van der Waals surface area contributed by atoms with E-state index in [2.05, 4.69) is 17.1 Å². The molecule has 2 aliphatic heterocycles. The molecular formula is C24H30N4O2. The maximum atomic E-state index is 13.1. The van der Waals surface area contributed by atoms with E-state index in [0.717, 1.165) is 55.8 Å². The van der Waals surface area contributed by atoms with Gasteiger partial charge >= 0.3 is 0 Å². The normalized spacial score (nSPS) is 18.4. The van der Waals surface area contributed by atoms with E-state index in [0.29, 0.717) is 11.1 Å². The van der Waals surface area contributed by atoms with Crippen LogP contribution in [-0.4, -0.2) is 50.1 Å². The summed E-state index contributed by atoms with van der Waals surface area (Å²) in [6.07, 6.45) is 4.42. The smallest absolute Gasteiger partial charge is 0.257 e. The van der Waals surface area contributed by atoms with Crippen LogP contribution in [0.1, 0.15) is 53.3 Å². The van der Waals surface area contributed by atoms with Crippen LogP contribution < -0.4 is 15.1 Å². The van der Waals surface area contributed by atoms with Crippen molar-refractivity contribution < 1.29 is 9.59 Å². The molecule has 0 bridgehead atoms. The van der Waals surface area contributed by atoms with Gasteiger partial charge in [0.05, 0.1) is 11.3 Å². The lowest BCUT2D eigenvalue weighted by Crippen LogP contribution is -2.55. The lowest BCUT2D eigenvalue weighted by atomic mass is 10.0. The molecule has 2 aromatic rings. The minimum Gasteiger partial charge on any atom is -0.378 e. The van der Waals surface area contributed by atoms with Crippen LogP contribution in [0.2, 0.25) is 0 Å². The van der Waals surface area contributed by atoms with Crippen LogP contribution in [0.15, 0.2) is 42.5 Å². The quantitative estimate of drug-likeness (QED) is 0.827. The van der Waals surface area contributed by atoms with Gasteiger partial charge in [0.15, 0.2) is 0 Å². The second kappa shape index (κ2) is 8.38. The summed E-state index contributed by atoms with van der Waals surface area (Å²) in [6.45, 7) is 3.73. The number of nitrogens with one attached hydrogen (secondary N) is 1. The number of hydrogen-bond donors (Lipinski definition) is 1. The molecular weight excluding hydrogens is 376 g/mol. The summed E-state index contributed by atoms with van der Waals surface area (Å²) in [4.78, 5) is 32.3. The van der Waals surface area contributed by atoms with Gasteiger partial charge in [0.25, 0.3) is 11.8 Å². The number of amides is 2. The zero-order valence-corrected chi connectivity index (χ0v) is 18.0. The van der Waals surface area contributed by atoms with Crippen LogP contribution in [0.4, 0.5) is 17.1 Å². The Hall–Kier alpha value is -3.02. The third-order valence-electron chi connectivity index (χ3n) is 6.12. The predicted octanol–water partition coefficient (Wildman–Crippen LogP) is 4.19. The Kier molecular flexibility index (Phi) is 5.66. The van der Waals surface area contributed by atoms with Crippen molar-refractivity contribution in [3.63, 3.8) is 0 Å². The highest BCUT2D eigenvalue weighted by molar-refractivity contribution is 6.08. The molecule has 1 atom stereocenters. The summed E-state index contributed by atoms with van der Waals surface area (Å²) in [5, 5.41) is 2.97. The Labute approximate surface area is 178 Å². The van der Waals surface area contributed by atoms with Gasteiger partial charge in [-0.2, -0.15) is 0 Å². The highest BCUT2D eigenvalue weighted by Gasteiger charge is 2.37. The summed E-state index contributed by atoms with van der Waals surface area (Å²) < 4.78 is 0. The fourth-order valence-corrected chi connectivity index (χ4v) is 4.49. The largest absolute Gasteiger partial charge is 0.378 e. The van der Waals surface area contributed by atoms with Gasteiger partial charge in [0, 0.05) is 44.1 Å². The number of nitrogens with zero attached hydrogens (tertiary/aromatic N) is 3. The molecule has 2 aliphatic rings. The van der Waals surface area contributed by atoms with E-state index in [1.807, 2.05) is 60.3 Å². The molecule has 0 aromatic heterocycles. The van der Waals surface area contributed by atoms with E-state index in [1.54, 1.807) is 6.07 Å². The van der Waals surface area contributed by atoms with E-state index in [9.17, 15) is 9.59 Å². The molecule has 0 saturated carbocycles. The van der Waals surface area contributed by atoms with Crippen molar-refractivity contribution in [3.05, 3.63) is 53.6 Å². The Bertz CT molecular complexity index is 939. The molecule has 0 aliphatic carbocycles. The molecule has 6 heteroatoms. The van der Waals surface area contributed by atoms with Crippen LogP contribution in [0.25, 0.3) is 0 Å². The molecule has 2 aromatic carbocycles. The van der Waals surface area contributed by atoms with Gasteiger partial charge in [-0.3, -0.25) is 9.59 Å². The number of benzene rings is 2. The van der Waals surface area contributed by atoms with E-state index in [1.165, 1.54) is 0 Å². The van der Waals surface area contributed by atoms with Crippen molar-refractivity contribution in [2.45, 2.75) is 38.8 Å². The van der Waals surface area contributed by atoms with Crippen molar-refractivity contribution in [1.82, 2.24) is 4.90 Å². The van der Waals surface area contributed by atoms with Gasteiger partial charge in [-0.15, -0.1) is 0 Å². The van der Waals surface area contributed by atoms with Crippen molar-refractivity contribution >= 4 is 28.9 Å². The summed E-state index contributed by atoms with van der Waals surface area (Å²) in [5.41, 5.74) is 3.97. The van der Waals surface area contributed by atoms with Crippen molar-refractivity contribution in [3.8, 4) is 0 Å². The van der Waals surface area contributed by atoms with E-state index in [-0.39, 0.29) is 18.0 Å². The van der Waals surface area contributed by atoms with Crippen molar-refractivity contribution in [2.24, 2.45) is 0 Å². The lowest BCUT2D eigenvalue weighted by molar-refractivity contribution is 0.0656. The highest BCUT2D eigenvalue weighted by Crippen LogP contribution is 2.35. The number of carbonyl (C=O) groups excluding carboxylic acids is 2. The standard InChI is InChI=1S/C24H30N4O2/c1-4-27-21-16-17(23(29)25-18-10-12-19(13-11-18)26(2)3)9-14-20(21)24(30)28-15-7-5-6-8-22(27)28/h9-14,16,22H,4-8,15H2,1-3H3,(H,25,29)/t22-/m0/s1. The molecule has 0 unspecified atom stereocenters. The van der Waals surface area contributed by atoms with Gasteiger partial charge in [-0.1, -0.05) is 6.42 Å². The maximum absolute atomic E-state index is 13.1. The van der Waals surface area contributed by atoms with E-state index >= 15 is 0 Å². The number of hydrogen-bond acceptors (Lipinski definition) is 4. The second-order valence-corrected chi connectivity index (χ2v) is 8.24. The van der Waals surface area contributed by atoms with Crippen molar-refractivity contribution in [1.29, 1.82) is 0 Å². The van der Waals surface area contributed by atoms with Crippen LogP contribution in [0, 0.1) is 0 Å². The molecule has 158 valence electrons. The molecule has 30 heavy (non-hydrogen) atoms. The molecule has 2 heterocycles.